The van der Waals surface area contributed by atoms with Gasteiger partial charge in [-0.15, -0.1) is 26.3 Å². The summed E-state index contributed by atoms with van der Waals surface area (Å²) < 4.78 is 134. The van der Waals surface area contributed by atoms with Gasteiger partial charge in [0.2, 0.25) is 0 Å². The maximum absolute atomic E-state index is 15.2. The van der Waals surface area contributed by atoms with E-state index in [0.29, 0.717) is 15.9 Å². The van der Waals surface area contributed by atoms with Gasteiger partial charge in [-0.2, -0.15) is 0 Å². The van der Waals surface area contributed by atoms with Crippen LogP contribution in [0.3, 0.4) is 0 Å². The fourth-order valence-corrected chi connectivity index (χ4v) is 6.43. The molecule has 25 heteroatoms. The van der Waals surface area contributed by atoms with Gasteiger partial charge < -0.3 is 44.6 Å². The third kappa shape index (κ3) is 15.3. The number of carbonyl (C=O) groups excluding carboxylic acids is 1. The predicted molar refractivity (Wildman–Crippen MR) is 244 cm³/mol. The van der Waals surface area contributed by atoms with Gasteiger partial charge >= 0.3 is 18.7 Å². The first-order valence-corrected chi connectivity index (χ1v) is 21.2. The number of rotatable bonds is 11. The molecule has 0 unspecified atom stereocenters. The predicted octanol–water partition coefficient (Wildman–Crippen LogP) is 14.1. The highest BCUT2D eigenvalue weighted by molar-refractivity contribution is 9.10. The van der Waals surface area contributed by atoms with Gasteiger partial charge in [-0.1, -0.05) is 23.2 Å². The van der Waals surface area contributed by atoms with Crippen LogP contribution >= 0.6 is 55.1 Å². The summed E-state index contributed by atoms with van der Waals surface area (Å²) in [4.78, 5) is 32.4. The van der Waals surface area contributed by atoms with Crippen molar-refractivity contribution in [1.29, 1.82) is 0 Å². The van der Waals surface area contributed by atoms with E-state index in [0.717, 1.165) is 65.4 Å². The first-order valence-electron chi connectivity index (χ1n) is 18.9. The van der Waals surface area contributed by atoms with E-state index in [9.17, 15) is 45.4 Å². The minimum atomic E-state index is -4.91. The van der Waals surface area contributed by atoms with Crippen molar-refractivity contribution in [2.24, 2.45) is 0 Å². The SMILES string of the molecule is COc1cc(OC(F)(F)F)ccc1Oc1cc(Cl)c(C)c(F)c1C(=O)Nc1cc(Br)ncc1C.COc1cc(OC(F)(F)F)ccc1Oc1cc(Cl)c(C)c(F)c1C(=O)O.Cc1cnc(Br)cc1N. The summed E-state index contributed by atoms with van der Waals surface area (Å²) in [5.41, 5.74) is 7.01. The molecule has 0 atom stereocenters. The van der Waals surface area contributed by atoms with Crippen molar-refractivity contribution in [2.45, 2.75) is 40.4 Å². The highest BCUT2D eigenvalue weighted by atomic mass is 79.9. The molecule has 4 aromatic carbocycles. The Morgan fingerprint density at radius 1 is 0.638 bits per heavy atom. The molecule has 0 aliphatic rings. The van der Waals surface area contributed by atoms with E-state index in [1.165, 1.54) is 39.3 Å². The van der Waals surface area contributed by atoms with Crippen LogP contribution in [-0.2, 0) is 0 Å². The Morgan fingerprint density at radius 3 is 1.46 bits per heavy atom. The highest BCUT2D eigenvalue weighted by Crippen LogP contribution is 2.42. The number of alkyl halides is 6. The molecule has 0 bridgehead atoms. The number of aryl methyl sites for hydroxylation is 2. The molecular formula is C44H34Br2Cl2F8N4O9. The monoisotopic (exact) mass is 1140 g/mol. The number of aromatic nitrogens is 2. The molecular weight excluding hydrogens is 1110 g/mol. The first-order chi connectivity index (χ1) is 32.1. The molecule has 0 fully saturated rings. The number of carbonyl (C=O) groups is 2. The number of nitrogens with two attached hydrogens (primary N) is 1. The smallest absolute Gasteiger partial charge is 0.493 e. The number of carboxylic acid groups (broad SMARTS) is 1. The lowest BCUT2D eigenvalue weighted by Gasteiger charge is -2.17. The number of hydrogen-bond acceptors (Lipinski definition) is 11. The van der Waals surface area contributed by atoms with Crippen molar-refractivity contribution < 1.29 is 78.2 Å². The van der Waals surface area contributed by atoms with E-state index < -0.39 is 64.6 Å². The molecule has 0 aliphatic carbocycles. The van der Waals surface area contributed by atoms with Crippen LogP contribution in [0.4, 0.5) is 46.5 Å². The van der Waals surface area contributed by atoms with Crippen molar-refractivity contribution in [3.8, 4) is 46.0 Å². The Labute approximate surface area is 413 Å². The van der Waals surface area contributed by atoms with Crippen molar-refractivity contribution in [3.63, 3.8) is 0 Å². The number of amides is 1. The second-order valence-corrected chi connectivity index (χ2v) is 16.2. The third-order valence-electron chi connectivity index (χ3n) is 8.87. The van der Waals surface area contributed by atoms with Crippen LogP contribution < -0.4 is 39.5 Å². The minimum absolute atomic E-state index is 0.00712. The van der Waals surface area contributed by atoms with Gasteiger partial charge in [-0.3, -0.25) is 4.79 Å². The fraction of sp³-hybridized carbons (Fsp3) is 0.182. The van der Waals surface area contributed by atoms with Crippen LogP contribution in [0, 0.1) is 39.3 Å². The Bertz CT molecular complexity index is 2880. The number of nitrogens with zero attached hydrogens (tertiary/aromatic N) is 2. The van der Waals surface area contributed by atoms with Crippen molar-refractivity contribution in [2.75, 3.05) is 25.3 Å². The Hall–Kier alpha value is -6.30. The number of nitrogens with one attached hydrogen (secondary N) is 1. The zero-order valence-electron chi connectivity index (χ0n) is 36.1. The number of aromatic carboxylic acids is 1. The van der Waals surface area contributed by atoms with Crippen molar-refractivity contribution in [1.82, 2.24) is 9.97 Å². The minimum Gasteiger partial charge on any atom is -0.493 e. The van der Waals surface area contributed by atoms with Gasteiger partial charge in [0.25, 0.3) is 5.91 Å². The van der Waals surface area contributed by atoms with Gasteiger partial charge in [-0.05, 0) is 107 Å². The van der Waals surface area contributed by atoms with Gasteiger partial charge in [0.15, 0.2) is 23.0 Å². The molecule has 6 aromatic rings. The van der Waals surface area contributed by atoms with E-state index in [1.54, 1.807) is 19.2 Å². The summed E-state index contributed by atoms with van der Waals surface area (Å²) in [7, 11) is 2.35. The summed E-state index contributed by atoms with van der Waals surface area (Å²) in [5.74, 6) is -6.92. The molecule has 13 nitrogen and oxygen atoms in total. The van der Waals surface area contributed by atoms with Crippen LogP contribution in [0.1, 0.15) is 43.0 Å². The topological polar surface area (TPSA) is 174 Å². The molecule has 0 spiro atoms. The molecule has 0 saturated carbocycles. The number of ether oxygens (including phenoxy) is 6. The number of anilines is 2. The van der Waals surface area contributed by atoms with Crippen molar-refractivity contribution >= 4 is 78.3 Å². The fourth-order valence-electron chi connectivity index (χ4n) is 5.39. The lowest BCUT2D eigenvalue weighted by molar-refractivity contribution is -0.275. The highest BCUT2D eigenvalue weighted by Gasteiger charge is 2.33. The number of nitrogen functional groups attached to an aromatic ring is 1. The maximum Gasteiger partial charge on any atom is 0.573 e. The summed E-state index contributed by atoms with van der Waals surface area (Å²) in [6.07, 6.45) is -6.57. The second kappa shape index (κ2) is 23.3. The maximum atomic E-state index is 15.2. The van der Waals surface area contributed by atoms with E-state index >= 15 is 4.39 Å². The van der Waals surface area contributed by atoms with Crippen LogP contribution in [-0.4, -0.2) is 53.9 Å². The molecule has 368 valence electrons. The number of hydrogen-bond donors (Lipinski definition) is 3. The molecule has 2 heterocycles. The Balaban J connectivity index is 0.000000260. The van der Waals surface area contributed by atoms with E-state index in [2.05, 4.69) is 56.6 Å². The lowest BCUT2D eigenvalue weighted by atomic mass is 10.1. The number of methoxy groups -OCH3 is 2. The summed E-state index contributed by atoms with van der Waals surface area (Å²) in [6.45, 7) is 6.30. The number of halogens is 12. The molecule has 4 N–H and O–H groups in total. The number of carboxylic acids is 1. The first kappa shape index (κ1) is 55.3. The largest absolute Gasteiger partial charge is 0.573 e. The summed E-state index contributed by atoms with van der Waals surface area (Å²) >= 11 is 18.4. The second-order valence-electron chi connectivity index (χ2n) is 13.7. The van der Waals surface area contributed by atoms with Crippen LogP contribution in [0.2, 0.25) is 10.0 Å². The molecule has 2 aromatic heterocycles. The van der Waals surface area contributed by atoms with Gasteiger partial charge in [0.05, 0.1) is 24.3 Å². The zero-order valence-corrected chi connectivity index (χ0v) is 40.8. The number of benzene rings is 4. The van der Waals surface area contributed by atoms with Crippen LogP contribution in [0.25, 0.3) is 0 Å². The average Bonchev–Trinajstić information content (AvgIpc) is 3.25. The molecule has 6 rings (SSSR count). The normalized spacial score (nSPS) is 11.0. The Morgan fingerprint density at radius 2 is 1.06 bits per heavy atom. The summed E-state index contributed by atoms with van der Waals surface area (Å²) in [5, 5.41) is 11.7. The van der Waals surface area contributed by atoms with Gasteiger partial charge in [0.1, 0.15) is 55.0 Å². The van der Waals surface area contributed by atoms with E-state index in [1.807, 2.05) is 6.92 Å². The zero-order chi connectivity index (χ0) is 51.7. The molecule has 0 radical (unpaired) electrons. The lowest BCUT2D eigenvalue weighted by Crippen LogP contribution is -2.17. The average molecular weight is 1150 g/mol. The van der Waals surface area contributed by atoms with E-state index in [-0.39, 0.29) is 49.9 Å². The molecule has 0 aliphatic heterocycles. The standard InChI is InChI=1S/C22H16BrClF4N2O4.C16H11ClF4O5.C6H7BrN2/c1-10-9-29-18(23)8-14(10)30-21(31)19-17(7-13(24)11(2)20(19)25)33-15-5-4-12(6-16(15)32-3)34-22(26,27)28;1-7-9(17)6-12(13(14(7)18)15(22)23)25-10-4-3-8(5-11(10)24-2)26-16(19,20)21;1-4-3-9-6(7)2-5(4)8/h4-9H,1-3H3,(H,29,30,31);3-6H,1-2H3,(H,22,23);2-3H,1H3,(H2,8,9). The van der Waals surface area contributed by atoms with Crippen molar-refractivity contribution in [3.05, 3.63) is 137 Å². The Kier molecular flexibility index (Phi) is 18.7. The van der Waals surface area contributed by atoms with Crippen LogP contribution in [0.5, 0.6) is 46.0 Å². The molecule has 69 heavy (non-hydrogen) atoms. The molecule has 1 amide bonds. The van der Waals surface area contributed by atoms with E-state index in [4.69, 9.17) is 47.9 Å². The third-order valence-corrected chi connectivity index (χ3v) is 10.5. The number of pyridine rings is 2. The summed E-state index contributed by atoms with van der Waals surface area (Å²) in [6, 6.07) is 11.5. The van der Waals surface area contributed by atoms with Gasteiger partial charge in [0, 0.05) is 59.2 Å². The van der Waals surface area contributed by atoms with Crippen LogP contribution in [0.15, 0.2) is 82.3 Å². The quantitative estimate of drug-likeness (QED) is 0.0829. The molecule has 0 saturated heterocycles. The van der Waals surface area contributed by atoms with Gasteiger partial charge in [-0.25, -0.2) is 23.5 Å².